The molecule has 0 spiro atoms. The van der Waals surface area contributed by atoms with Gasteiger partial charge in [0, 0.05) is 16.6 Å². The van der Waals surface area contributed by atoms with Crippen molar-refractivity contribution in [2.75, 3.05) is 13.1 Å². The van der Waals surface area contributed by atoms with E-state index in [1.807, 2.05) is 19.1 Å². The van der Waals surface area contributed by atoms with E-state index in [0.29, 0.717) is 10.0 Å². The molecule has 1 unspecified atom stereocenters. The van der Waals surface area contributed by atoms with Gasteiger partial charge in [-0.2, -0.15) is 0 Å². The number of benzene rings is 1. The van der Waals surface area contributed by atoms with Crippen LogP contribution in [0.2, 0.25) is 10.0 Å². The van der Waals surface area contributed by atoms with E-state index < -0.39 is 0 Å². The van der Waals surface area contributed by atoms with E-state index in [0.717, 1.165) is 24.6 Å². The predicted octanol–water partition coefficient (Wildman–Crippen LogP) is 3.18. The molecule has 2 N–H and O–H groups in total. The Balaban J connectivity index is 0.00000144. The highest BCUT2D eigenvalue weighted by atomic mass is 79.9. The normalized spacial score (nSPS) is 15.6. The fourth-order valence-electron chi connectivity index (χ4n) is 1.63. The van der Waals surface area contributed by atoms with E-state index in [9.17, 15) is 0 Å². The van der Waals surface area contributed by atoms with Crippen molar-refractivity contribution in [3.63, 3.8) is 0 Å². The lowest BCUT2D eigenvalue weighted by molar-refractivity contribution is 0.702. The van der Waals surface area contributed by atoms with Crippen molar-refractivity contribution in [1.29, 1.82) is 0 Å². The Morgan fingerprint density at radius 2 is 2.18 bits per heavy atom. The summed E-state index contributed by atoms with van der Waals surface area (Å²) in [5.41, 5.74) is 1.02. The molecular weight excluding hydrogens is 325 g/mol. The molecule has 0 radical (unpaired) electrons. The van der Waals surface area contributed by atoms with Crippen molar-refractivity contribution in [2.45, 2.75) is 13.0 Å². The first-order valence-corrected chi connectivity index (χ1v) is 5.92. The summed E-state index contributed by atoms with van der Waals surface area (Å²) in [5, 5.41) is 7.75. The van der Waals surface area contributed by atoms with Crippen LogP contribution in [0.1, 0.15) is 18.5 Å². The van der Waals surface area contributed by atoms with Crippen LogP contribution in [0, 0.1) is 0 Å². The Hall–Kier alpha value is -0.450. The van der Waals surface area contributed by atoms with Crippen molar-refractivity contribution < 1.29 is 0 Å². The van der Waals surface area contributed by atoms with Crippen molar-refractivity contribution in [3.8, 4) is 0 Å². The number of halogens is 3. The molecule has 0 aromatic heterocycles. The molecule has 3 nitrogen and oxygen atoms in total. The fraction of sp³-hybridized carbons (Fsp3) is 0.364. The number of rotatable bonds is 2. The fourth-order valence-corrected chi connectivity index (χ4v) is 2.20. The van der Waals surface area contributed by atoms with Crippen LogP contribution in [-0.2, 0) is 0 Å². The second kappa shape index (κ2) is 6.47. The lowest BCUT2D eigenvalue weighted by Gasteiger charge is -2.16. The van der Waals surface area contributed by atoms with Crippen LogP contribution in [0.3, 0.4) is 0 Å². The van der Waals surface area contributed by atoms with Crippen molar-refractivity contribution in [1.82, 2.24) is 10.6 Å². The van der Waals surface area contributed by atoms with Gasteiger partial charge in [-0.15, -0.1) is 17.0 Å². The summed E-state index contributed by atoms with van der Waals surface area (Å²) in [6.07, 6.45) is 0. The maximum atomic E-state index is 6.13. The van der Waals surface area contributed by atoms with E-state index >= 15 is 0 Å². The Morgan fingerprint density at radius 3 is 2.76 bits per heavy atom. The Labute approximate surface area is 121 Å². The highest BCUT2D eigenvalue weighted by molar-refractivity contribution is 8.93. The van der Waals surface area contributed by atoms with Gasteiger partial charge in [0.15, 0.2) is 5.96 Å². The summed E-state index contributed by atoms with van der Waals surface area (Å²) in [6, 6.07) is 5.62. The van der Waals surface area contributed by atoms with E-state index in [1.165, 1.54) is 0 Å². The third kappa shape index (κ3) is 3.76. The minimum Gasteiger partial charge on any atom is -0.355 e. The summed E-state index contributed by atoms with van der Waals surface area (Å²) < 4.78 is 0. The molecule has 94 valence electrons. The van der Waals surface area contributed by atoms with Gasteiger partial charge in [-0.1, -0.05) is 29.3 Å². The molecule has 1 aliphatic heterocycles. The predicted molar refractivity (Wildman–Crippen MR) is 78.6 cm³/mol. The van der Waals surface area contributed by atoms with Crippen LogP contribution in [0.25, 0.3) is 0 Å². The topological polar surface area (TPSA) is 36.4 Å². The highest BCUT2D eigenvalue weighted by Crippen LogP contribution is 2.25. The van der Waals surface area contributed by atoms with Crippen LogP contribution in [0.4, 0.5) is 0 Å². The lowest BCUT2D eigenvalue weighted by atomic mass is 10.1. The molecule has 0 aliphatic carbocycles. The Bertz CT molecular complexity index is 423. The summed E-state index contributed by atoms with van der Waals surface area (Å²) in [7, 11) is 0. The molecule has 17 heavy (non-hydrogen) atoms. The van der Waals surface area contributed by atoms with Gasteiger partial charge in [-0.25, -0.2) is 0 Å². The number of hydrogen-bond donors (Lipinski definition) is 2. The standard InChI is InChI=1S/C11H13Cl2N3.BrH/c1-7(16-11-14-4-5-15-11)9-3-2-8(12)6-10(9)13;/h2-3,6-7H,4-5H2,1H3,(H2,14,15,16);1H. The van der Waals surface area contributed by atoms with Gasteiger partial charge in [-0.05, 0) is 24.6 Å². The molecule has 0 saturated carbocycles. The van der Waals surface area contributed by atoms with Gasteiger partial charge >= 0.3 is 0 Å². The van der Waals surface area contributed by atoms with Crippen molar-refractivity contribution >= 4 is 46.1 Å². The number of nitrogens with one attached hydrogen (secondary N) is 2. The van der Waals surface area contributed by atoms with Crippen LogP contribution < -0.4 is 10.6 Å². The molecule has 1 aliphatic rings. The first-order valence-electron chi connectivity index (χ1n) is 5.16. The zero-order chi connectivity index (χ0) is 11.5. The first-order chi connectivity index (χ1) is 7.66. The van der Waals surface area contributed by atoms with Crippen LogP contribution in [0.15, 0.2) is 23.2 Å². The summed E-state index contributed by atoms with van der Waals surface area (Å²) in [6.45, 7) is 3.75. The monoisotopic (exact) mass is 337 g/mol. The summed E-state index contributed by atoms with van der Waals surface area (Å²) >= 11 is 12.0. The molecule has 0 fully saturated rings. The number of nitrogens with zero attached hydrogens (tertiary/aromatic N) is 1. The van der Waals surface area contributed by atoms with Gasteiger partial charge in [0.25, 0.3) is 0 Å². The van der Waals surface area contributed by atoms with Gasteiger partial charge in [0.1, 0.15) is 0 Å². The average Bonchev–Trinajstić information content (AvgIpc) is 2.70. The number of hydrogen-bond acceptors (Lipinski definition) is 3. The zero-order valence-corrected chi connectivity index (χ0v) is 12.6. The maximum absolute atomic E-state index is 6.13. The third-order valence-corrected chi connectivity index (χ3v) is 3.02. The van der Waals surface area contributed by atoms with E-state index in [4.69, 9.17) is 23.2 Å². The SMILES string of the molecule is Br.CC(NC1=NCCN1)c1ccc(Cl)cc1Cl. The zero-order valence-electron chi connectivity index (χ0n) is 9.34. The maximum Gasteiger partial charge on any atom is 0.191 e. The van der Waals surface area contributed by atoms with Crippen molar-refractivity contribution in [2.24, 2.45) is 4.99 Å². The minimum absolute atomic E-state index is 0. The molecule has 0 bridgehead atoms. The van der Waals surface area contributed by atoms with Gasteiger partial charge in [-0.3, -0.25) is 4.99 Å². The molecule has 1 aromatic rings. The minimum atomic E-state index is 0. The molecular formula is C11H14BrCl2N3. The van der Waals surface area contributed by atoms with Crippen LogP contribution in [-0.4, -0.2) is 19.0 Å². The Kier molecular flexibility index (Phi) is 5.56. The molecule has 1 aromatic carbocycles. The Morgan fingerprint density at radius 1 is 1.41 bits per heavy atom. The molecule has 6 heteroatoms. The molecule has 2 rings (SSSR count). The van der Waals surface area contributed by atoms with E-state index in [2.05, 4.69) is 15.6 Å². The summed E-state index contributed by atoms with van der Waals surface area (Å²) in [5.74, 6) is 0.832. The van der Waals surface area contributed by atoms with E-state index in [1.54, 1.807) is 6.07 Å². The first kappa shape index (κ1) is 14.6. The van der Waals surface area contributed by atoms with E-state index in [-0.39, 0.29) is 23.0 Å². The summed E-state index contributed by atoms with van der Waals surface area (Å²) in [4.78, 5) is 4.27. The van der Waals surface area contributed by atoms with Crippen LogP contribution in [0.5, 0.6) is 0 Å². The third-order valence-electron chi connectivity index (χ3n) is 2.46. The van der Waals surface area contributed by atoms with Crippen molar-refractivity contribution in [3.05, 3.63) is 33.8 Å². The molecule has 0 saturated heterocycles. The lowest BCUT2D eigenvalue weighted by Crippen LogP contribution is -2.35. The highest BCUT2D eigenvalue weighted by Gasteiger charge is 2.13. The second-order valence-electron chi connectivity index (χ2n) is 3.69. The number of guanidine groups is 1. The molecule has 1 atom stereocenters. The van der Waals surface area contributed by atoms with Gasteiger partial charge < -0.3 is 10.6 Å². The van der Waals surface area contributed by atoms with Gasteiger partial charge in [0.2, 0.25) is 0 Å². The quantitative estimate of drug-likeness (QED) is 0.868. The largest absolute Gasteiger partial charge is 0.355 e. The molecule has 1 heterocycles. The average molecular weight is 339 g/mol. The number of aliphatic imine (C=N–C) groups is 1. The second-order valence-corrected chi connectivity index (χ2v) is 4.53. The molecule has 0 amide bonds. The van der Waals surface area contributed by atoms with Crippen LogP contribution >= 0.6 is 40.2 Å². The smallest absolute Gasteiger partial charge is 0.191 e. The van der Waals surface area contributed by atoms with Gasteiger partial charge in [0.05, 0.1) is 12.6 Å².